The van der Waals surface area contributed by atoms with Gasteiger partial charge in [0.25, 0.3) is 10.0 Å². The molecule has 4 rings (SSSR count). The van der Waals surface area contributed by atoms with E-state index in [1.54, 1.807) is 4.57 Å². The number of aryl methyl sites for hydroxylation is 1. The van der Waals surface area contributed by atoms with E-state index >= 15 is 0 Å². The average molecular weight is 480 g/mol. The van der Waals surface area contributed by atoms with Crippen molar-refractivity contribution in [3.05, 3.63) is 41.3 Å². The number of carbonyl (C=O) groups is 1. The maximum absolute atomic E-state index is 12.9. The Morgan fingerprint density at radius 1 is 1.12 bits per heavy atom. The van der Waals surface area contributed by atoms with E-state index in [1.165, 1.54) is 16.8 Å². The highest BCUT2D eigenvalue weighted by atomic mass is 35.5. The van der Waals surface area contributed by atoms with Crippen LogP contribution in [0.5, 0.6) is 0 Å². The van der Waals surface area contributed by atoms with Crippen molar-refractivity contribution in [2.75, 3.05) is 44.2 Å². The number of imidazole rings is 1. The summed E-state index contributed by atoms with van der Waals surface area (Å²) in [4.78, 5) is 21.0. The van der Waals surface area contributed by atoms with E-state index in [1.807, 2.05) is 23.1 Å². The standard InChI is InChI=1S/C22H30ClN5O3S/c1-17-5-7-28(8-6-17)32(30,31)21-14-25(16-24-21)15-22(29)27-11-9-26(10-12-27)20-13-19(23)4-3-18(20)2/h3-4,13-14,16-17H,5-12,15H2,1-2H3. The van der Waals surface area contributed by atoms with Crippen LogP contribution in [0.1, 0.15) is 25.3 Å². The fraction of sp³-hybridized carbons (Fsp3) is 0.545. The van der Waals surface area contributed by atoms with Gasteiger partial charge in [-0.2, -0.15) is 4.31 Å². The van der Waals surface area contributed by atoms with E-state index in [2.05, 4.69) is 23.7 Å². The molecule has 1 aromatic heterocycles. The van der Waals surface area contributed by atoms with Crippen LogP contribution in [0, 0.1) is 12.8 Å². The lowest BCUT2D eigenvalue weighted by atomic mass is 10.0. The average Bonchev–Trinajstić information content (AvgIpc) is 3.25. The third kappa shape index (κ3) is 4.94. The number of piperidine rings is 1. The fourth-order valence-corrected chi connectivity index (χ4v) is 5.86. The number of amides is 1. The third-order valence-corrected chi connectivity index (χ3v) is 8.44. The van der Waals surface area contributed by atoms with Crippen molar-refractivity contribution >= 4 is 33.2 Å². The first-order valence-corrected chi connectivity index (χ1v) is 12.9. The van der Waals surface area contributed by atoms with Gasteiger partial charge in [0.2, 0.25) is 5.91 Å². The molecule has 0 spiro atoms. The number of anilines is 1. The normalized spacial score (nSPS) is 18.8. The van der Waals surface area contributed by atoms with Crippen LogP contribution in [0.4, 0.5) is 5.69 Å². The predicted octanol–water partition coefficient (Wildman–Crippen LogP) is 2.61. The van der Waals surface area contributed by atoms with Crippen LogP contribution < -0.4 is 4.90 Å². The molecule has 1 aromatic carbocycles. The summed E-state index contributed by atoms with van der Waals surface area (Å²) in [7, 11) is -3.61. The Balaban J connectivity index is 1.34. The smallest absolute Gasteiger partial charge is 0.262 e. The van der Waals surface area contributed by atoms with Crippen molar-refractivity contribution in [3.63, 3.8) is 0 Å². The summed E-state index contributed by atoms with van der Waals surface area (Å²) in [6, 6.07) is 5.85. The number of aromatic nitrogens is 2. The summed E-state index contributed by atoms with van der Waals surface area (Å²) in [5.41, 5.74) is 2.26. The maximum Gasteiger partial charge on any atom is 0.262 e. The van der Waals surface area contributed by atoms with Crippen molar-refractivity contribution in [2.45, 2.75) is 38.3 Å². The van der Waals surface area contributed by atoms with Crippen molar-refractivity contribution in [1.82, 2.24) is 18.8 Å². The minimum Gasteiger partial charge on any atom is -0.368 e. The number of benzene rings is 1. The van der Waals surface area contributed by atoms with E-state index in [-0.39, 0.29) is 17.5 Å². The molecule has 1 amide bonds. The first-order valence-electron chi connectivity index (χ1n) is 11.0. The number of nitrogens with zero attached hydrogens (tertiary/aromatic N) is 5. The van der Waals surface area contributed by atoms with Gasteiger partial charge in [0, 0.05) is 56.2 Å². The quantitative estimate of drug-likeness (QED) is 0.658. The Bertz CT molecular complexity index is 1070. The van der Waals surface area contributed by atoms with Crippen LogP contribution in [0.2, 0.25) is 5.02 Å². The van der Waals surface area contributed by atoms with Crippen LogP contribution in [-0.2, 0) is 21.4 Å². The van der Waals surface area contributed by atoms with Gasteiger partial charge in [0.05, 0.1) is 6.33 Å². The third-order valence-electron chi connectivity index (χ3n) is 6.42. The molecule has 8 nitrogen and oxygen atoms in total. The second-order valence-electron chi connectivity index (χ2n) is 8.77. The van der Waals surface area contributed by atoms with Gasteiger partial charge in [0.1, 0.15) is 6.54 Å². The topological polar surface area (TPSA) is 78.8 Å². The zero-order valence-corrected chi connectivity index (χ0v) is 20.1. The maximum atomic E-state index is 12.9. The zero-order valence-electron chi connectivity index (χ0n) is 18.6. The second-order valence-corrected chi connectivity index (χ2v) is 11.1. The molecule has 2 saturated heterocycles. The summed E-state index contributed by atoms with van der Waals surface area (Å²) < 4.78 is 28.8. The Morgan fingerprint density at radius 3 is 2.50 bits per heavy atom. The van der Waals surface area contributed by atoms with Crippen molar-refractivity contribution in [1.29, 1.82) is 0 Å². The molecule has 0 atom stereocenters. The highest BCUT2D eigenvalue weighted by molar-refractivity contribution is 7.89. The predicted molar refractivity (Wildman–Crippen MR) is 124 cm³/mol. The van der Waals surface area contributed by atoms with E-state index in [0.717, 1.165) is 37.2 Å². The zero-order chi connectivity index (χ0) is 22.9. The van der Waals surface area contributed by atoms with Crippen LogP contribution in [0.15, 0.2) is 35.7 Å². The lowest BCUT2D eigenvalue weighted by Crippen LogP contribution is -2.49. The highest BCUT2D eigenvalue weighted by Gasteiger charge is 2.30. The molecule has 0 radical (unpaired) electrons. The molecular weight excluding hydrogens is 450 g/mol. The van der Waals surface area contributed by atoms with E-state index in [9.17, 15) is 13.2 Å². The number of rotatable bonds is 5. The summed E-state index contributed by atoms with van der Waals surface area (Å²) in [6.07, 6.45) is 4.62. The molecule has 0 N–H and O–H groups in total. The summed E-state index contributed by atoms with van der Waals surface area (Å²) >= 11 is 6.15. The van der Waals surface area contributed by atoms with Crippen LogP contribution in [0.25, 0.3) is 0 Å². The summed E-state index contributed by atoms with van der Waals surface area (Å²) in [5, 5.41) is 0.718. The number of halogens is 1. The van der Waals surface area contributed by atoms with Gasteiger partial charge in [-0.15, -0.1) is 0 Å². The molecule has 0 bridgehead atoms. The molecule has 32 heavy (non-hydrogen) atoms. The molecule has 2 fully saturated rings. The van der Waals surface area contributed by atoms with E-state index in [0.29, 0.717) is 37.1 Å². The van der Waals surface area contributed by atoms with Gasteiger partial charge in [0.15, 0.2) is 5.03 Å². The van der Waals surface area contributed by atoms with Gasteiger partial charge in [-0.05, 0) is 43.4 Å². The van der Waals surface area contributed by atoms with Gasteiger partial charge in [-0.25, -0.2) is 13.4 Å². The molecule has 174 valence electrons. The van der Waals surface area contributed by atoms with Crippen LogP contribution in [0.3, 0.4) is 0 Å². The summed E-state index contributed by atoms with van der Waals surface area (Å²) in [5.74, 6) is 0.500. The molecule has 0 unspecified atom stereocenters. The van der Waals surface area contributed by atoms with Gasteiger partial charge >= 0.3 is 0 Å². The number of sulfonamides is 1. The molecule has 10 heteroatoms. The van der Waals surface area contributed by atoms with Gasteiger partial charge in [-0.3, -0.25) is 4.79 Å². The molecule has 0 saturated carbocycles. The Kier molecular flexibility index (Phi) is 6.78. The van der Waals surface area contributed by atoms with Crippen LogP contribution >= 0.6 is 11.6 Å². The van der Waals surface area contributed by atoms with Crippen molar-refractivity contribution < 1.29 is 13.2 Å². The Hall–Kier alpha value is -2.10. The highest BCUT2D eigenvalue weighted by Crippen LogP contribution is 2.26. The van der Waals surface area contributed by atoms with Crippen molar-refractivity contribution in [3.8, 4) is 0 Å². The van der Waals surface area contributed by atoms with Crippen molar-refractivity contribution in [2.24, 2.45) is 5.92 Å². The lowest BCUT2D eigenvalue weighted by molar-refractivity contribution is -0.132. The number of hydrogen-bond acceptors (Lipinski definition) is 5. The lowest BCUT2D eigenvalue weighted by Gasteiger charge is -2.37. The molecule has 2 aliphatic rings. The molecule has 3 heterocycles. The number of carbonyl (C=O) groups excluding carboxylic acids is 1. The summed E-state index contributed by atoms with van der Waals surface area (Å²) in [6.45, 7) is 7.98. The number of piperazine rings is 1. The Morgan fingerprint density at radius 2 is 1.81 bits per heavy atom. The van der Waals surface area contributed by atoms with E-state index in [4.69, 9.17) is 11.6 Å². The minimum atomic E-state index is -3.61. The Labute approximate surface area is 194 Å². The van der Waals surface area contributed by atoms with Gasteiger partial charge < -0.3 is 14.4 Å². The molecule has 0 aliphatic carbocycles. The fourth-order valence-electron chi connectivity index (χ4n) is 4.29. The molecule has 2 aliphatic heterocycles. The molecular formula is C22H30ClN5O3S. The second kappa shape index (κ2) is 9.41. The first-order chi connectivity index (χ1) is 15.2. The van der Waals surface area contributed by atoms with E-state index < -0.39 is 10.0 Å². The van der Waals surface area contributed by atoms with Gasteiger partial charge in [-0.1, -0.05) is 24.6 Å². The molecule has 2 aromatic rings. The monoisotopic (exact) mass is 479 g/mol. The van der Waals surface area contributed by atoms with Crippen LogP contribution in [-0.4, -0.2) is 72.3 Å². The number of hydrogen-bond donors (Lipinski definition) is 0. The largest absolute Gasteiger partial charge is 0.368 e. The first kappa shape index (κ1) is 23.1. The minimum absolute atomic E-state index is 0.0149. The SMILES string of the molecule is Cc1ccc(Cl)cc1N1CCN(C(=O)Cn2cnc(S(=O)(=O)N3CCC(C)CC3)c2)CC1.